The SMILES string of the molecule is CCc1ccc(OCC(=O)N/N=C/c2ccc(OCC(=O)O)cc2)cc1. The van der Waals surface area contributed by atoms with Crippen LogP contribution in [0.2, 0.25) is 0 Å². The molecule has 0 fully saturated rings. The van der Waals surface area contributed by atoms with Crippen LogP contribution in [0.4, 0.5) is 0 Å². The second kappa shape index (κ2) is 9.83. The van der Waals surface area contributed by atoms with Gasteiger partial charge in [0.2, 0.25) is 0 Å². The number of hydrogen-bond donors (Lipinski definition) is 2. The highest BCUT2D eigenvalue weighted by Crippen LogP contribution is 2.12. The highest BCUT2D eigenvalue weighted by atomic mass is 16.5. The summed E-state index contributed by atoms with van der Waals surface area (Å²) < 4.78 is 10.4. The number of nitrogens with zero attached hydrogens (tertiary/aromatic N) is 1. The van der Waals surface area contributed by atoms with Crippen molar-refractivity contribution in [2.24, 2.45) is 5.10 Å². The second-order valence-electron chi connectivity index (χ2n) is 5.33. The van der Waals surface area contributed by atoms with Gasteiger partial charge in [-0.1, -0.05) is 19.1 Å². The van der Waals surface area contributed by atoms with E-state index < -0.39 is 12.6 Å². The van der Waals surface area contributed by atoms with E-state index in [4.69, 9.17) is 14.6 Å². The number of rotatable bonds is 9. The smallest absolute Gasteiger partial charge is 0.341 e. The Bertz CT molecular complexity index is 755. The van der Waals surface area contributed by atoms with Crippen molar-refractivity contribution in [3.63, 3.8) is 0 Å². The fraction of sp³-hybridized carbons (Fsp3) is 0.211. The van der Waals surface area contributed by atoms with Gasteiger partial charge in [-0.25, -0.2) is 10.2 Å². The van der Waals surface area contributed by atoms with E-state index in [1.165, 1.54) is 11.8 Å². The molecular weight excluding hydrogens is 336 g/mol. The minimum absolute atomic E-state index is 0.134. The third-order valence-corrected chi connectivity index (χ3v) is 3.35. The second-order valence-corrected chi connectivity index (χ2v) is 5.33. The highest BCUT2D eigenvalue weighted by molar-refractivity contribution is 5.83. The van der Waals surface area contributed by atoms with Crippen LogP contribution >= 0.6 is 0 Å². The van der Waals surface area contributed by atoms with E-state index in [1.807, 2.05) is 24.3 Å². The summed E-state index contributed by atoms with van der Waals surface area (Å²) in [5.41, 5.74) is 4.30. The van der Waals surface area contributed by atoms with E-state index in [0.717, 1.165) is 12.0 Å². The van der Waals surface area contributed by atoms with Crippen molar-refractivity contribution in [1.29, 1.82) is 0 Å². The Balaban J connectivity index is 1.74. The standard InChI is InChI=1S/C19H20N2O5/c1-2-14-3-7-16(8-4-14)25-12-18(22)21-20-11-15-5-9-17(10-6-15)26-13-19(23)24/h3-11H,2,12-13H2,1H3,(H,21,22)(H,23,24)/b20-11+. The number of carboxylic acid groups (broad SMARTS) is 1. The van der Waals surface area contributed by atoms with Crippen molar-refractivity contribution in [3.05, 3.63) is 59.7 Å². The lowest BCUT2D eigenvalue weighted by molar-refractivity contribution is -0.139. The summed E-state index contributed by atoms with van der Waals surface area (Å²) in [5.74, 6) is -0.349. The topological polar surface area (TPSA) is 97.2 Å². The molecule has 7 heteroatoms. The van der Waals surface area contributed by atoms with E-state index in [0.29, 0.717) is 11.5 Å². The molecule has 2 rings (SSSR count). The molecule has 2 aromatic rings. The first-order valence-corrected chi connectivity index (χ1v) is 8.05. The molecule has 26 heavy (non-hydrogen) atoms. The minimum Gasteiger partial charge on any atom is -0.484 e. The molecule has 0 saturated carbocycles. The highest BCUT2D eigenvalue weighted by Gasteiger charge is 2.02. The monoisotopic (exact) mass is 356 g/mol. The summed E-state index contributed by atoms with van der Waals surface area (Å²) in [6.45, 7) is 1.54. The molecule has 0 spiro atoms. The summed E-state index contributed by atoms with van der Waals surface area (Å²) in [6, 6.07) is 14.2. The zero-order valence-electron chi connectivity index (χ0n) is 14.3. The number of aliphatic carboxylic acids is 1. The maximum Gasteiger partial charge on any atom is 0.341 e. The molecule has 2 aromatic carbocycles. The van der Waals surface area contributed by atoms with Crippen LogP contribution in [0.25, 0.3) is 0 Å². The van der Waals surface area contributed by atoms with Crippen molar-refractivity contribution >= 4 is 18.1 Å². The summed E-state index contributed by atoms with van der Waals surface area (Å²) in [6.07, 6.45) is 2.41. The average molecular weight is 356 g/mol. The first-order chi connectivity index (χ1) is 12.6. The Morgan fingerprint density at radius 1 is 1.00 bits per heavy atom. The fourth-order valence-corrected chi connectivity index (χ4v) is 1.98. The Kier molecular flexibility index (Phi) is 7.17. The molecule has 0 unspecified atom stereocenters. The maximum atomic E-state index is 11.7. The number of ether oxygens (including phenoxy) is 2. The zero-order valence-corrected chi connectivity index (χ0v) is 14.3. The van der Waals surface area contributed by atoms with Crippen molar-refractivity contribution < 1.29 is 24.2 Å². The number of hydrazone groups is 1. The van der Waals surface area contributed by atoms with Gasteiger partial charge in [0.05, 0.1) is 6.21 Å². The lowest BCUT2D eigenvalue weighted by Gasteiger charge is -2.05. The third-order valence-electron chi connectivity index (χ3n) is 3.35. The van der Waals surface area contributed by atoms with Crippen molar-refractivity contribution in [2.75, 3.05) is 13.2 Å². The fourth-order valence-electron chi connectivity index (χ4n) is 1.98. The van der Waals surface area contributed by atoms with E-state index in [1.54, 1.807) is 24.3 Å². The van der Waals surface area contributed by atoms with Crippen molar-refractivity contribution in [3.8, 4) is 11.5 Å². The first kappa shape index (κ1) is 19.0. The molecule has 2 N–H and O–H groups in total. The van der Waals surface area contributed by atoms with E-state index in [2.05, 4.69) is 17.5 Å². The Hall–Kier alpha value is -3.35. The first-order valence-electron chi connectivity index (χ1n) is 8.05. The lowest BCUT2D eigenvalue weighted by atomic mass is 10.2. The number of amides is 1. The zero-order chi connectivity index (χ0) is 18.8. The number of nitrogens with one attached hydrogen (secondary N) is 1. The van der Waals surface area contributed by atoms with Gasteiger partial charge in [-0.15, -0.1) is 0 Å². The van der Waals surface area contributed by atoms with E-state index in [-0.39, 0.29) is 12.5 Å². The molecule has 0 aromatic heterocycles. The van der Waals surface area contributed by atoms with Crippen molar-refractivity contribution in [1.82, 2.24) is 5.43 Å². The number of aryl methyl sites for hydroxylation is 1. The summed E-state index contributed by atoms with van der Waals surface area (Å²) in [7, 11) is 0. The third kappa shape index (κ3) is 6.64. The number of hydrogen-bond acceptors (Lipinski definition) is 5. The lowest BCUT2D eigenvalue weighted by Crippen LogP contribution is -2.24. The van der Waals surface area contributed by atoms with Gasteiger partial charge in [-0.3, -0.25) is 4.79 Å². The Morgan fingerprint density at radius 3 is 2.15 bits per heavy atom. The molecule has 7 nitrogen and oxygen atoms in total. The minimum atomic E-state index is -1.04. The Morgan fingerprint density at radius 2 is 1.58 bits per heavy atom. The van der Waals surface area contributed by atoms with Crippen LogP contribution in [0, 0.1) is 0 Å². The molecule has 1 amide bonds. The molecule has 0 aliphatic heterocycles. The molecule has 0 radical (unpaired) electrons. The molecule has 0 aliphatic rings. The van der Waals surface area contributed by atoms with Gasteiger partial charge in [0.25, 0.3) is 5.91 Å². The van der Waals surface area contributed by atoms with Gasteiger partial charge in [0.1, 0.15) is 11.5 Å². The van der Waals surface area contributed by atoms with Crippen LogP contribution in [0.1, 0.15) is 18.1 Å². The van der Waals surface area contributed by atoms with Crippen LogP contribution in [-0.4, -0.2) is 36.4 Å². The molecule has 136 valence electrons. The molecule has 0 atom stereocenters. The van der Waals surface area contributed by atoms with Gasteiger partial charge < -0.3 is 14.6 Å². The predicted molar refractivity (Wildman–Crippen MR) is 96.6 cm³/mol. The van der Waals surface area contributed by atoms with E-state index >= 15 is 0 Å². The van der Waals surface area contributed by atoms with Crippen LogP contribution in [0.3, 0.4) is 0 Å². The molecular formula is C19H20N2O5. The average Bonchev–Trinajstić information content (AvgIpc) is 2.66. The molecule has 0 saturated heterocycles. The van der Waals surface area contributed by atoms with Crippen LogP contribution in [0.5, 0.6) is 11.5 Å². The summed E-state index contributed by atoms with van der Waals surface area (Å²) in [5, 5.41) is 12.4. The molecule has 0 aliphatic carbocycles. The van der Waals surface area contributed by atoms with Crippen LogP contribution < -0.4 is 14.9 Å². The normalized spacial score (nSPS) is 10.5. The Labute approximate surface area is 151 Å². The predicted octanol–water partition coefficient (Wildman–Crippen LogP) is 2.24. The molecule has 0 heterocycles. The summed E-state index contributed by atoms with van der Waals surface area (Å²) >= 11 is 0. The summed E-state index contributed by atoms with van der Waals surface area (Å²) in [4.78, 5) is 22.1. The quantitative estimate of drug-likeness (QED) is 0.530. The van der Waals surface area contributed by atoms with Crippen LogP contribution in [0.15, 0.2) is 53.6 Å². The van der Waals surface area contributed by atoms with Gasteiger partial charge in [-0.05, 0) is 53.9 Å². The van der Waals surface area contributed by atoms with E-state index in [9.17, 15) is 9.59 Å². The van der Waals surface area contributed by atoms with Gasteiger partial charge in [-0.2, -0.15) is 5.10 Å². The number of carbonyl (C=O) groups excluding carboxylic acids is 1. The van der Waals surface area contributed by atoms with Gasteiger partial charge in [0, 0.05) is 0 Å². The van der Waals surface area contributed by atoms with Crippen LogP contribution in [-0.2, 0) is 16.0 Å². The van der Waals surface area contributed by atoms with Gasteiger partial charge in [0.15, 0.2) is 13.2 Å². The van der Waals surface area contributed by atoms with Crippen molar-refractivity contribution in [2.45, 2.75) is 13.3 Å². The molecule has 0 bridgehead atoms. The largest absolute Gasteiger partial charge is 0.484 e. The number of carbonyl (C=O) groups is 2. The number of carboxylic acids is 1. The number of benzene rings is 2. The maximum absolute atomic E-state index is 11.7. The van der Waals surface area contributed by atoms with Gasteiger partial charge >= 0.3 is 5.97 Å².